The molecule has 3 heterocycles. The van der Waals surface area contributed by atoms with E-state index in [0.29, 0.717) is 17.1 Å². The quantitative estimate of drug-likeness (QED) is 0.851. The summed E-state index contributed by atoms with van der Waals surface area (Å²) in [5.74, 6) is 2.60. The second-order valence-corrected chi connectivity index (χ2v) is 6.59. The summed E-state index contributed by atoms with van der Waals surface area (Å²) in [6.07, 6.45) is 4.74. The molecule has 0 saturated heterocycles. The monoisotopic (exact) mass is 327 g/mol. The summed E-state index contributed by atoms with van der Waals surface area (Å²) in [4.78, 5) is 19.7. The summed E-state index contributed by atoms with van der Waals surface area (Å²) < 4.78 is 12.9. The third kappa shape index (κ3) is 2.42. The van der Waals surface area contributed by atoms with Crippen LogP contribution in [0.25, 0.3) is 0 Å². The molecule has 0 fully saturated rings. The highest BCUT2D eigenvalue weighted by Crippen LogP contribution is 2.35. The molecule has 0 bridgehead atoms. The van der Waals surface area contributed by atoms with Gasteiger partial charge in [0.05, 0.1) is 6.04 Å². The molecule has 1 unspecified atom stereocenters. The third-order valence-electron chi connectivity index (χ3n) is 4.66. The Labute approximate surface area is 141 Å². The van der Waals surface area contributed by atoms with Crippen molar-refractivity contribution in [3.63, 3.8) is 0 Å². The van der Waals surface area contributed by atoms with Gasteiger partial charge in [-0.15, -0.1) is 0 Å². The van der Waals surface area contributed by atoms with E-state index in [2.05, 4.69) is 23.4 Å². The number of carbonyl (C=O) groups is 1. The summed E-state index contributed by atoms with van der Waals surface area (Å²) in [5.41, 5.74) is 0.630. The number of imidazole rings is 1. The molecule has 1 aromatic heterocycles. The Kier molecular flexibility index (Phi) is 3.67. The molecule has 4 rings (SSSR count). The Morgan fingerprint density at radius 1 is 1.25 bits per heavy atom. The zero-order chi connectivity index (χ0) is 16.7. The number of benzene rings is 1. The number of amides is 1. The maximum atomic E-state index is 13.2. The Balaban J connectivity index is 1.70. The van der Waals surface area contributed by atoms with Crippen molar-refractivity contribution in [2.45, 2.75) is 32.9 Å². The smallest absolute Gasteiger partial charge is 0.254 e. The highest BCUT2D eigenvalue weighted by molar-refractivity contribution is 5.95. The van der Waals surface area contributed by atoms with E-state index in [1.807, 2.05) is 23.4 Å². The van der Waals surface area contributed by atoms with Crippen LogP contribution in [0, 0.1) is 5.92 Å². The first kappa shape index (κ1) is 15.1. The molecule has 126 valence electrons. The van der Waals surface area contributed by atoms with E-state index in [1.165, 1.54) is 0 Å². The van der Waals surface area contributed by atoms with Crippen LogP contribution < -0.4 is 9.47 Å². The molecular weight excluding hydrogens is 306 g/mol. The second-order valence-electron chi connectivity index (χ2n) is 6.59. The van der Waals surface area contributed by atoms with Crippen LogP contribution in [0.2, 0.25) is 0 Å². The zero-order valence-electron chi connectivity index (χ0n) is 13.9. The number of aromatic nitrogens is 2. The fraction of sp³-hybridized carbons (Fsp3) is 0.444. The molecule has 6 nitrogen and oxygen atoms in total. The van der Waals surface area contributed by atoms with E-state index >= 15 is 0 Å². The molecule has 6 heteroatoms. The van der Waals surface area contributed by atoms with Crippen LogP contribution in [0.3, 0.4) is 0 Å². The van der Waals surface area contributed by atoms with Crippen molar-refractivity contribution >= 4 is 5.91 Å². The van der Waals surface area contributed by atoms with Gasteiger partial charge in [-0.3, -0.25) is 4.79 Å². The molecule has 1 aromatic carbocycles. The Hall–Kier alpha value is -2.50. The first-order valence-electron chi connectivity index (χ1n) is 8.37. The average molecular weight is 327 g/mol. The minimum atomic E-state index is -0.0274. The number of hydrogen-bond acceptors (Lipinski definition) is 4. The lowest BCUT2D eigenvalue weighted by molar-refractivity contribution is 0.0621. The number of ether oxygens (including phenoxy) is 2. The van der Waals surface area contributed by atoms with Gasteiger partial charge in [0, 0.05) is 31.0 Å². The van der Waals surface area contributed by atoms with Gasteiger partial charge in [0.1, 0.15) is 5.82 Å². The predicted octanol–water partition coefficient (Wildman–Crippen LogP) is 2.86. The number of fused-ring (bicyclic) bond motifs is 2. The minimum Gasteiger partial charge on any atom is -0.454 e. The molecule has 2 aliphatic rings. The van der Waals surface area contributed by atoms with E-state index in [1.54, 1.807) is 12.1 Å². The molecule has 1 atom stereocenters. The maximum absolute atomic E-state index is 13.2. The van der Waals surface area contributed by atoms with E-state index in [0.717, 1.165) is 25.3 Å². The summed E-state index contributed by atoms with van der Waals surface area (Å²) in [5, 5.41) is 0. The zero-order valence-corrected chi connectivity index (χ0v) is 13.9. The van der Waals surface area contributed by atoms with Crippen molar-refractivity contribution < 1.29 is 14.3 Å². The summed E-state index contributed by atoms with van der Waals surface area (Å²) in [6, 6.07) is 5.36. The summed E-state index contributed by atoms with van der Waals surface area (Å²) >= 11 is 0. The van der Waals surface area contributed by atoms with Gasteiger partial charge in [-0.25, -0.2) is 4.98 Å². The molecule has 0 aliphatic carbocycles. The number of nitrogens with zero attached hydrogens (tertiary/aromatic N) is 3. The van der Waals surface area contributed by atoms with Crippen molar-refractivity contribution in [1.29, 1.82) is 0 Å². The molecule has 24 heavy (non-hydrogen) atoms. The highest BCUT2D eigenvalue weighted by Gasteiger charge is 2.33. The maximum Gasteiger partial charge on any atom is 0.254 e. The van der Waals surface area contributed by atoms with E-state index < -0.39 is 0 Å². The molecule has 2 aliphatic heterocycles. The molecular formula is C18H21N3O3. The van der Waals surface area contributed by atoms with Crippen LogP contribution in [0.1, 0.15) is 42.5 Å². The van der Waals surface area contributed by atoms with Gasteiger partial charge in [-0.2, -0.15) is 0 Å². The van der Waals surface area contributed by atoms with Crippen molar-refractivity contribution in [2.75, 3.05) is 13.3 Å². The minimum absolute atomic E-state index is 0.0171. The summed E-state index contributed by atoms with van der Waals surface area (Å²) in [7, 11) is 0. The van der Waals surface area contributed by atoms with E-state index in [-0.39, 0.29) is 24.7 Å². The largest absolute Gasteiger partial charge is 0.454 e. The predicted molar refractivity (Wildman–Crippen MR) is 88.0 cm³/mol. The van der Waals surface area contributed by atoms with Crippen LogP contribution in [-0.2, 0) is 6.54 Å². The third-order valence-corrected chi connectivity index (χ3v) is 4.66. The van der Waals surface area contributed by atoms with Gasteiger partial charge < -0.3 is 18.9 Å². The van der Waals surface area contributed by atoms with Crippen molar-refractivity contribution in [3.05, 3.63) is 42.0 Å². The number of rotatable bonds is 2. The number of hydrogen-bond donors (Lipinski definition) is 0. The van der Waals surface area contributed by atoms with Crippen LogP contribution in [0.15, 0.2) is 30.6 Å². The van der Waals surface area contributed by atoms with Gasteiger partial charge in [-0.05, 0) is 30.5 Å². The van der Waals surface area contributed by atoms with Crippen LogP contribution in [-0.4, -0.2) is 33.7 Å². The Morgan fingerprint density at radius 3 is 2.92 bits per heavy atom. The number of aryl methyl sites for hydroxylation is 1. The van der Waals surface area contributed by atoms with Crippen LogP contribution in [0.4, 0.5) is 0 Å². The standard InChI is InChI=1S/C18H21N3O3/c1-12(2)16-17-19-6-9-20(17)7-3-8-21(16)18(22)13-4-5-14-15(10-13)24-11-23-14/h4-6,9-10,12,16H,3,7-8,11H2,1-2H3. The molecule has 2 aromatic rings. The van der Waals surface area contributed by atoms with Crippen molar-refractivity contribution in [2.24, 2.45) is 5.92 Å². The highest BCUT2D eigenvalue weighted by atomic mass is 16.7. The Morgan fingerprint density at radius 2 is 2.08 bits per heavy atom. The van der Waals surface area contributed by atoms with Gasteiger partial charge in [0.2, 0.25) is 6.79 Å². The lowest BCUT2D eigenvalue weighted by atomic mass is 10.0. The average Bonchev–Trinajstić information content (AvgIpc) is 3.18. The molecule has 0 spiro atoms. The summed E-state index contributed by atoms with van der Waals surface area (Å²) in [6.45, 7) is 6.09. The van der Waals surface area contributed by atoms with Crippen molar-refractivity contribution in [3.8, 4) is 11.5 Å². The SMILES string of the molecule is CC(C)C1c2nccn2CCCN1C(=O)c1ccc2c(c1)OCO2. The Bertz CT molecular complexity index is 769. The molecule has 1 amide bonds. The normalized spacial score (nSPS) is 19.3. The van der Waals surface area contributed by atoms with E-state index in [4.69, 9.17) is 9.47 Å². The van der Waals surface area contributed by atoms with Gasteiger partial charge in [-0.1, -0.05) is 13.8 Å². The second kappa shape index (κ2) is 5.85. The molecule has 0 radical (unpaired) electrons. The lowest BCUT2D eigenvalue weighted by Gasteiger charge is -2.32. The fourth-order valence-electron chi connectivity index (χ4n) is 3.55. The van der Waals surface area contributed by atoms with Crippen molar-refractivity contribution in [1.82, 2.24) is 14.5 Å². The van der Waals surface area contributed by atoms with E-state index in [9.17, 15) is 4.79 Å². The van der Waals surface area contributed by atoms with Crippen LogP contribution in [0.5, 0.6) is 11.5 Å². The molecule has 0 N–H and O–H groups in total. The van der Waals surface area contributed by atoms with Gasteiger partial charge >= 0.3 is 0 Å². The fourth-order valence-corrected chi connectivity index (χ4v) is 3.55. The topological polar surface area (TPSA) is 56.6 Å². The molecule has 0 saturated carbocycles. The first-order chi connectivity index (χ1) is 11.6. The lowest BCUT2D eigenvalue weighted by Crippen LogP contribution is -2.38. The van der Waals surface area contributed by atoms with Crippen LogP contribution >= 0.6 is 0 Å². The van der Waals surface area contributed by atoms with Gasteiger partial charge in [0.25, 0.3) is 5.91 Å². The van der Waals surface area contributed by atoms with Gasteiger partial charge in [0.15, 0.2) is 11.5 Å². The number of carbonyl (C=O) groups excluding carboxylic acids is 1. The first-order valence-corrected chi connectivity index (χ1v) is 8.37.